The van der Waals surface area contributed by atoms with E-state index in [2.05, 4.69) is 55.5 Å². The summed E-state index contributed by atoms with van der Waals surface area (Å²) >= 11 is 0. The van der Waals surface area contributed by atoms with E-state index < -0.39 is 0 Å². The molecule has 4 atom stereocenters. The van der Waals surface area contributed by atoms with Gasteiger partial charge in [0.15, 0.2) is 0 Å². The van der Waals surface area contributed by atoms with E-state index in [0.717, 1.165) is 56.1 Å². The molecule has 3 unspecified atom stereocenters. The van der Waals surface area contributed by atoms with Gasteiger partial charge in [-0.05, 0) is 72.9 Å². The number of carbonyl (C=O) groups is 2. The second-order valence-corrected chi connectivity index (χ2v) is 12.0. The summed E-state index contributed by atoms with van der Waals surface area (Å²) in [6.07, 6.45) is 16.0. The van der Waals surface area contributed by atoms with Crippen LogP contribution in [0.1, 0.15) is 90.0 Å². The molecule has 2 fully saturated rings. The second-order valence-electron chi connectivity index (χ2n) is 12.0. The third-order valence-corrected chi connectivity index (χ3v) is 9.84. The molecular formula is C35H44O3. The summed E-state index contributed by atoms with van der Waals surface area (Å²) in [5, 5.41) is 2.33. The van der Waals surface area contributed by atoms with Crippen LogP contribution in [0.4, 0.5) is 0 Å². The van der Waals surface area contributed by atoms with Crippen molar-refractivity contribution in [3.63, 3.8) is 0 Å². The van der Waals surface area contributed by atoms with E-state index in [-0.39, 0.29) is 17.8 Å². The largest absolute Gasteiger partial charge is 0.496 e. The minimum absolute atomic E-state index is 0.0527. The Hall–Kier alpha value is -2.68. The van der Waals surface area contributed by atoms with Crippen LogP contribution >= 0.6 is 0 Å². The highest BCUT2D eigenvalue weighted by atomic mass is 16.5. The summed E-state index contributed by atoms with van der Waals surface area (Å²) in [5.74, 6) is 2.33. The molecule has 202 valence electrons. The smallest absolute Gasteiger partial charge is 0.140 e. The monoisotopic (exact) mass is 512 g/mol. The molecular weight excluding hydrogens is 468 g/mol. The van der Waals surface area contributed by atoms with Crippen LogP contribution in [-0.2, 0) is 9.59 Å². The standard InChI is InChI=1S/C35H44O3/c1-4-23(2)33(36)22-32(24-11-6-5-7-12-24)35(37)31-16-10-15-27(31)25-17-18-26(21-25)28-19-20-34(38-3)30-14-9-8-13-29(28)30/h8-9,13-14,18-21,23-24,27,31-32H,4-7,10-12,15-17,22H2,1-3H3/t23?,27?,31?,32-/m0/s1. The topological polar surface area (TPSA) is 43.4 Å². The van der Waals surface area contributed by atoms with Crippen molar-refractivity contribution in [1.82, 2.24) is 0 Å². The lowest BCUT2D eigenvalue weighted by atomic mass is 9.70. The van der Waals surface area contributed by atoms with Crippen molar-refractivity contribution in [2.75, 3.05) is 7.11 Å². The number of allylic oxidation sites excluding steroid dienone is 4. The number of ether oxygens (including phenoxy) is 1. The van der Waals surface area contributed by atoms with Gasteiger partial charge in [-0.15, -0.1) is 0 Å². The zero-order valence-corrected chi connectivity index (χ0v) is 23.5. The van der Waals surface area contributed by atoms with Crippen molar-refractivity contribution >= 4 is 27.9 Å². The van der Waals surface area contributed by atoms with Crippen molar-refractivity contribution in [2.45, 2.75) is 84.5 Å². The highest BCUT2D eigenvalue weighted by molar-refractivity contribution is 6.00. The first-order chi connectivity index (χ1) is 18.5. The number of benzene rings is 2. The summed E-state index contributed by atoms with van der Waals surface area (Å²) in [7, 11) is 1.72. The molecule has 0 aliphatic heterocycles. The molecule has 0 saturated heterocycles. The zero-order valence-electron chi connectivity index (χ0n) is 23.5. The first-order valence-electron chi connectivity index (χ1n) is 15.0. The fraction of sp³-hybridized carbons (Fsp3) is 0.543. The van der Waals surface area contributed by atoms with Gasteiger partial charge in [0.05, 0.1) is 7.11 Å². The fourth-order valence-electron chi connectivity index (χ4n) is 7.39. The van der Waals surface area contributed by atoms with E-state index in [1.807, 2.05) is 6.92 Å². The molecule has 3 heteroatoms. The van der Waals surface area contributed by atoms with E-state index in [1.54, 1.807) is 7.11 Å². The Kier molecular flexibility index (Phi) is 8.51. The van der Waals surface area contributed by atoms with Gasteiger partial charge in [0.1, 0.15) is 17.3 Å². The summed E-state index contributed by atoms with van der Waals surface area (Å²) < 4.78 is 5.61. The Labute approximate surface area is 228 Å². The normalized spacial score (nSPS) is 23.7. The van der Waals surface area contributed by atoms with Crippen molar-refractivity contribution in [3.8, 4) is 5.75 Å². The van der Waals surface area contributed by atoms with Gasteiger partial charge in [-0.3, -0.25) is 9.59 Å². The molecule has 2 saturated carbocycles. The number of methoxy groups -OCH3 is 1. The number of rotatable bonds is 10. The van der Waals surface area contributed by atoms with Crippen LogP contribution in [0.3, 0.4) is 0 Å². The van der Waals surface area contributed by atoms with Crippen molar-refractivity contribution in [1.29, 1.82) is 0 Å². The van der Waals surface area contributed by atoms with Crippen LogP contribution < -0.4 is 4.74 Å². The number of hydrogen-bond acceptors (Lipinski definition) is 3. The molecule has 38 heavy (non-hydrogen) atoms. The molecule has 3 aliphatic rings. The Morgan fingerprint density at radius 2 is 1.71 bits per heavy atom. The quantitative estimate of drug-likeness (QED) is 0.320. The summed E-state index contributed by atoms with van der Waals surface area (Å²) in [6, 6.07) is 12.7. The maximum atomic E-state index is 14.2. The molecule has 2 aromatic rings. The van der Waals surface area contributed by atoms with E-state index in [9.17, 15) is 9.59 Å². The van der Waals surface area contributed by atoms with Gasteiger partial charge in [0, 0.05) is 29.6 Å². The van der Waals surface area contributed by atoms with E-state index >= 15 is 0 Å². The van der Waals surface area contributed by atoms with Crippen LogP contribution in [0.5, 0.6) is 5.75 Å². The fourth-order valence-corrected chi connectivity index (χ4v) is 7.39. The van der Waals surface area contributed by atoms with Crippen LogP contribution in [0, 0.1) is 29.6 Å². The van der Waals surface area contributed by atoms with Crippen LogP contribution in [0.15, 0.2) is 54.1 Å². The molecule has 0 radical (unpaired) electrons. The van der Waals surface area contributed by atoms with Gasteiger partial charge < -0.3 is 4.74 Å². The Balaban J connectivity index is 1.39. The highest BCUT2D eigenvalue weighted by Gasteiger charge is 2.42. The Morgan fingerprint density at radius 3 is 2.45 bits per heavy atom. The molecule has 3 nitrogen and oxygen atoms in total. The number of hydrogen-bond donors (Lipinski definition) is 0. The molecule has 0 aromatic heterocycles. The van der Waals surface area contributed by atoms with Gasteiger partial charge in [-0.1, -0.05) is 87.6 Å². The highest BCUT2D eigenvalue weighted by Crippen LogP contribution is 2.46. The lowest BCUT2D eigenvalue weighted by Crippen LogP contribution is -2.35. The summed E-state index contributed by atoms with van der Waals surface area (Å²) in [4.78, 5) is 27.3. The first-order valence-corrected chi connectivity index (χ1v) is 15.0. The minimum atomic E-state index is -0.0811. The number of Topliss-reactive ketones (excluding diaryl/α,β-unsaturated/α-hetero) is 2. The lowest BCUT2D eigenvalue weighted by molar-refractivity contribution is -0.134. The number of carbonyl (C=O) groups excluding carboxylic acids is 2. The van der Waals surface area contributed by atoms with Gasteiger partial charge in [-0.2, -0.15) is 0 Å². The van der Waals surface area contributed by atoms with Crippen LogP contribution in [0.25, 0.3) is 16.3 Å². The van der Waals surface area contributed by atoms with E-state index in [0.29, 0.717) is 29.8 Å². The molecule has 2 aromatic carbocycles. The maximum absolute atomic E-state index is 14.2. The molecule has 0 spiro atoms. The van der Waals surface area contributed by atoms with Crippen LogP contribution in [0.2, 0.25) is 0 Å². The predicted octanol–water partition coefficient (Wildman–Crippen LogP) is 8.75. The number of fused-ring (bicyclic) bond motifs is 1. The average Bonchev–Trinajstić information content (AvgIpc) is 3.65. The van der Waals surface area contributed by atoms with Gasteiger partial charge in [-0.25, -0.2) is 0 Å². The minimum Gasteiger partial charge on any atom is -0.496 e. The van der Waals surface area contributed by atoms with Crippen molar-refractivity contribution in [2.24, 2.45) is 29.6 Å². The predicted molar refractivity (Wildman–Crippen MR) is 156 cm³/mol. The summed E-state index contributed by atoms with van der Waals surface area (Å²) in [5.41, 5.74) is 3.90. The van der Waals surface area contributed by atoms with Gasteiger partial charge in [0.2, 0.25) is 0 Å². The molecule has 3 aliphatic carbocycles. The Bertz CT molecular complexity index is 1230. The van der Waals surface area contributed by atoms with Crippen molar-refractivity contribution < 1.29 is 14.3 Å². The maximum Gasteiger partial charge on any atom is 0.140 e. The lowest BCUT2D eigenvalue weighted by Gasteiger charge is -2.33. The second kappa shape index (κ2) is 12.0. The molecule has 0 N–H and O–H groups in total. The first kappa shape index (κ1) is 26.9. The van der Waals surface area contributed by atoms with Crippen LogP contribution in [-0.4, -0.2) is 18.7 Å². The SMILES string of the molecule is CCC(C)C(=O)C[C@H](C(=O)C1CCCC1C1=CC(c2ccc(OC)c3ccccc23)=CC1)C1CCCCC1. The third-order valence-electron chi connectivity index (χ3n) is 9.84. The average molecular weight is 513 g/mol. The summed E-state index contributed by atoms with van der Waals surface area (Å²) in [6.45, 7) is 4.11. The van der Waals surface area contributed by atoms with E-state index in [1.165, 1.54) is 41.4 Å². The van der Waals surface area contributed by atoms with Gasteiger partial charge in [0.25, 0.3) is 0 Å². The van der Waals surface area contributed by atoms with E-state index in [4.69, 9.17) is 4.74 Å². The zero-order chi connectivity index (χ0) is 26.6. The van der Waals surface area contributed by atoms with Crippen molar-refractivity contribution in [3.05, 3.63) is 59.7 Å². The molecule has 5 rings (SSSR count). The van der Waals surface area contributed by atoms with Gasteiger partial charge >= 0.3 is 0 Å². The third kappa shape index (κ3) is 5.40. The number of ketones is 2. The molecule has 0 bridgehead atoms. The Morgan fingerprint density at radius 1 is 0.947 bits per heavy atom. The molecule has 0 heterocycles. The molecule has 0 amide bonds.